The van der Waals surface area contributed by atoms with Gasteiger partial charge < -0.3 is 4.74 Å². The molecule has 2 aliphatic rings. The van der Waals surface area contributed by atoms with E-state index < -0.39 is 54.9 Å². The lowest BCUT2D eigenvalue weighted by molar-refractivity contribution is -0.384. The number of nitrogens with zero attached hydrogens (tertiary/aromatic N) is 3. The van der Waals surface area contributed by atoms with Gasteiger partial charge in [0.15, 0.2) is 5.82 Å². The third-order valence-electron chi connectivity index (χ3n) is 7.45. The third kappa shape index (κ3) is 6.09. The standard InChI is InChI=1S/C30H25FN4O8S2/c31-29-26-14-22(24-11-12-33(16-24)44(39,40)19-21-7-4-8-25(13-21)35(37)38)9-10-23(26)15-27(43-18-20-5-2-1-3-6-20)30(29)34-17-28(36)32-45(34,41)42/h1-11,13-15H,12,16-19H2,(H,32,36). The molecule has 1 saturated heterocycles. The molecule has 0 radical (unpaired) electrons. The second kappa shape index (κ2) is 11.6. The van der Waals surface area contributed by atoms with Gasteiger partial charge in [-0.3, -0.25) is 14.9 Å². The molecular formula is C30H25FN4O8S2. The van der Waals surface area contributed by atoms with E-state index in [2.05, 4.69) is 0 Å². The van der Waals surface area contributed by atoms with Crippen LogP contribution in [-0.4, -0.2) is 51.6 Å². The number of nitrogens with one attached hydrogen (secondary N) is 1. The summed E-state index contributed by atoms with van der Waals surface area (Å²) in [7, 11) is -8.24. The molecule has 232 valence electrons. The van der Waals surface area contributed by atoms with E-state index in [1.807, 2.05) is 10.8 Å². The van der Waals surface area contributed by atoms with Gasteiger partial charge in [0.05, 0.1) is 10.7 Å². The molecular weight excluding hydrogens is 627 g/mol. The molecule has 6 rings (SSSR count). The second-order valence-corrected chi connectivity index (χ2v) is 14.1. The quantitative estimate of drug-likeness (QED) is 0.211. The van der Waals surface area contributed by atoms with E-state index >= 15 is 4.39 Å². The summed E-state index contributed by atoms with van der Waals surface area (Å²) in [5, 5.41) is 11.5. The lowest BCUT2D eigenvalue weighted by Gasteiger charge is -2.21. The van der Waals surface area contributed by atoms with E-state index in [0.29, 0.717) is 20.8 Å². The fourth-order valence-corrected chi connectivity index (χ4v) is 7.84. The highest BCUT2D eigenvalue weighted by atomic mass is 32.2. The molecule has 0 atom stereocenters. The fourth-order valence-electron chi connectivity index (χ4n) is 5.25. The Labute approximate surface area is 257 Å². The Bertz CT molecular complexity index is 2110. The number of anilines is 1. The molecule has 1 amide bonds. The molecule has 2 aliphatic heterocycles. The van der Waals surface area contributed by atoms with E-state index in [-0.39, 0.29) is 42.1 Å². The van der Waals surface area contributed by atoms with Gasteiger partial charge in [-0.25, -0.2) is 21.8 Å². The molecule has 0 saturated carbocycles. The van der Waals surface area contributed by atoms with Crippen molar-refractivity contribution >= 4 is 53.9 Å². The van der Waals surface area contributed by atoms with Crippen molar-refractivity contribution in [3.63, 3.8) is 0 Å². The summed E-state index contributed by atoms with van der Waals surface area (Å²) in [4.78, 5) is 22.5. The number of carbonyl (C=O) groups is 1. The van der Waals surface area contributed by atoms with Crippen LogP contribution >= 0.6 is 0 Å². The first kappa shape index (κ1) is 30.2. The van der Waals surface area contributed by atoms with E-state index in [1.54, 1.807) is 42.5 Å². The Balaban J connectivity index is 1.31. The maximum absolute atomic E-state index is 16.3. The molecule has 4 aromatic rings. The minimum absolute atomic E-state index is 0.0135. The number of halogens is 1. The minimum Gasteiger partial charge on any atom is -0.487 e. The number of non-ortho nitro benzene ring substituents is 1. The number of carbonyl (C=O) groups excluding carboxylic acids is 1. The fraction of sp³-hybridized carbons (Fsp3) is 0.167. The summed E-state index contributed by atoms with van der Waals surface area (Å²) in [6.07, 6.45) is 1.69. The van der Waals surface area contributed by atoms with Gasteiger partial charge in [0.1, 0.15) is 24.6 Å². The number of rotatable bonds is 9. The van der Waals surface area contributed by atoms with Crippen LogP contribution in [0.5, 0.6) is 5.75 Å². The number of hydrogen-bond donors (Lipinski definition) is 1. The zero-order valence-electron chi connectivity index (χ0n) is 23.4. The van der Waals surface area contributed by atoms with Crippen LogP contribution in [0.1, 0.15) is 16.7 Å². The smallest absolute Gasteiger partial charge is 0.326 e. The molecule has 0 aliphatic carbocycles. The average molecular weight is 653 g/mol. The van der Waals surface area contributed by atoms with Gasteiger partial charge >= 0.3 is 10.2 Å². The molecule has 0 aromatic heterocycles. The van der Waals surface area contributed by atoms with Crippen molar-refractivity contribution in [2.75, 3.05) is 23.9 Å². The Hall–Kier alpha value is -4.86. The molecule has 0 bridgehead atoms. The van der Waals surface area contributed by atoms with Crippen LogP contribution < -0.4 is 13.8 Å². The number of amides is 1. The molecule has 45 heavy (non-hydrogen) atoms. The summed E-state index contributed by atoms with van der Waals surface area (Å²) in [5.41, 5.74) is 1.50. The maximum Gasteiger partial charge on any atom is 0.326 e. The number of ether oxygens (including phenoxy) is 1. The van der Waals surface area contributed by atoms with E-state index in [9.17, 15) is 31.7 Å². The summed E-state index contributed by atoms with van der Waals surface area (Å²) >= 11 is 0. The van der Waals surface area contributed by atoms with Crippen molar-refractivity contribution < 1.29 is 35.7 Å². The first-order chi connectivity index (χ1) is 21.4. The maximum atomic E-state index is 16.3. The molecule has 0 unspecified atom stereocenters. The van der Waals surface area contributed by atoms with Gasteiger partial charge in [-0.15, -0.1) is 0 Å². The van der Waals surface area contributed by atoms with Gasteiger partial charge in [0.2, 0.25) is 10.0 Å². The summed E-state index contributed by atoms with van der Waals surface area (Å²) in [5.74, 6) is -2.25. The number of nitro groups is 1. The van der Waals surface area contributed by atoms with Crippen molar-refractivity contribution in [3.8, 4) is 5.75 Å². The predicted molar refractivity (Wildman–Crippen MR) is 164 cm³/mol. The van der Waals surface area contributed by atoms with Crippen molar-refractivity contribution in [3.05, 3.63) is 118 Å². The summed E-state index contributed by atoms with van der Waals surface area (Å²) in [6, 6.07) is 20.7. The van der Waals surface area contributed by atoms with Crippen LogP contribution in [-0.2, 0) is 37.4 Å². The van der Waals surface area contributed by atoms with Crippen LogP contribution in [0.3, 0.4) is 0 Å². The van der Waals surface area contributed by atoms with Crippen LogP contribution in [0.25, 0.3) is 16.3 Å². The predicted octanol–water partition coefficient (Wildman–Crippen LogP) is 3.88. The number of benzene rings is 4. The normalized spacial score (nSPS) is 16.5. The summed E-state index contributed by atoms with van der Waals surface area (Å²) < 4.78 is 77.8. The lowest BCUT2D eigenvalue weighted by atomic mass is 10.0. The Morgan fingerprint density at radius 2 is 1.73 bits per heavy atom. The number of hydrogen-bond acceptors (Lipinski definition) is 8. The second-order valence-electron chi connectivity index (χ2n) is 10.5. The monoisotopic (exact) mass is 652 g/mol. The topological polar surface area (TPSA) is 156 Å². The highest BCUT2D eigenvalue weighted by Crippen LogP contribution is 2.40. The molecule has 1 N–H and O–H groups in total. The molecule has 1 fully saturated rings. The molecule has 0 spiro atoms. The molecule has 15 heteroatoms. The van der Waals surface area contributed by atoms with E-state index in [0.717, 1.165) is 5.56 Å². The van der Waals surface area contributed by atoms with Crippen molar-refractivity contribution in [1.29, 1.82) is 0 Å². The highest BCUT2D eigenvalue weighted by molar-refractivity contribution is 7.92. The van der Waals surface area contributed by atoms with Gasteiger partial charge in [-0.05, 0) is 39.8 Å². The lowest BCUT2D eigenvalue weighted by Crippen LogP contribution is -2.30. The van der Waals surface area contributed by atoms with Crippen LogP contribution in [0.2, 0.25) is 0 Å². The van der Waals surface area contributed by atoms with Gasteiger partial charge in [-0.1, -0.05) is 60.7 Å². The average Bonchev–Trinajstić information content (AvgIpc) is 3.61. The molecule has 12 nitrogen and oxygen atoms in total. The van der Waals surface area contributed by atoms with Crippen LogP contribution in [0.4, 0.5) is 15.8 Å². The first-order valence-corrected chi connectivity index (χ1v) is 16.6. The van der Waals surface area contributed by atoms with Crippen molar-refractivity contribution in [2.24, 2.45) is 0 Å². The Morgan fingerprint density at radius 1 is 0.978 bits per heavy atom. The Kier molecular flexibility index (Phi) is 7.76. The number of nitro benzene ring substituents is 1. The highest BCUT2D eigenvalue weighted by Gasteiger charge is 2.38. The minimum atomic E-state index is -4.38. The van der Waals surface area contributed by atoms with Gasteiger partial charge in [0, 0.05) is 30.6 Å². The van der Waals surface area contributed by atoms with Crippen LogP contribution in [0.15, 0.2) is 84.9 Å². The van der Waals surface area contributed by atoms with E-state index in [4.69, 9.17) is 4.74 Å². The van der Waals surface area contributed by atoms with Gasteiger partial charge in [0.25, 0.3) is 11.6 Å². The van der Waals surface area contributed by atoms with Crippen molar-refractivity contribution in [2.45, 2.75) is 12.4 Å². The third-order valence-corrected chi connectivity index (χ3v) is 10.6. The molecule has 4 aromatic carbocycles. The Morgan fingerprint density at radius 3 is 2.44 bits per heavy atom. The van der Waals surface area contributed by atoms with E-state index in [1.165, 1.54) is 40.7 Å². The van der Waals surface area contributed by atoms with Crippen molar-refractivity contribution in [1.82, 2.24) is 9.03 Å². The molecule has 2 heterocycles. The number of sulfonamides is 1. The zero-order valence-corrected chi connectivity index (χ0v) is 25.1. The number of fused-ring (bicyclic) bond motifs is 1. The largest absolute Gasteiger partial charge is 0.487 e. The summed E-state index contributed by atoms with van der Waals surface area (Å²) in [6.45, 7) is -0.590. The van der Waals surface area contributed by atoms with Gasteiger partial charge in [-0.2, -0.15) is 12.7 Å². The zero-order chi connectivity index (χ0) is 31.9. The SMILES string of the molecule is O=C1CN(c2c(OCc3ccccc3)cc3ccc(C4=CCN(S(=O)(=O)Cc5cccc([N+](=O)[O-])c5)C4)cc3c2F)S(=O)(=O)N1. The first-order valence-electron chi connectivity index (χ1n) is 13.6. The van der Waals surface area contributed by atoms with Crippen LogP contribution in [0, 0.1) is 15.9 Å².